The van der Waals surface area contributed by atoms with Gasteiger partial charge < -0.3 is 14.8 Å². The number of nitrogens with one attached hydrogen (secondary N) is 1. The minimum atomic E-state index is -1.09. The van der Waals surface area contributed by atoms with Gasteiger partial charge in [0.25, 0.3) is 5.91 Å². The number of hydrogen-bond acceptors (Lipinski definition) is 6. The van der Waals surface area contributed by atoms with Gasteiger partial charge in [-0.1, -0.05) is 32.0 Å². The summed E-state index contributed by atoms with van der Waals surface area (Å²) in [6, 6.07) is 9.52. The first-order valence-electron chi connectivity index (χ1n) is 9.68. The molecule has 2 aromatic carbocycles. The van der Waals surface area contributed by atoms with Crippen LogP contribution in [0.15, 0.2) is 36.4 Å². The number of carbonyl (C=O) groups excluding carboxylic acids is 2. The monoisotopic (exact) mass is 414 g/mol. The van der Waals surface area contributed by atoms with Crippen LogP contribution in [0.5, 0.6) is 5.75 Å². The predicted molar refractivity (Wildman–Crippen MR) is 113 cm³/mol. The second kappa shape index (κ2) is 9.87. The number of carbonyl (C=O) groups is 2. The van der Waals surface area contributed by atoms with Gasteiger partial charge >= 0.3 is 11.7 Å². The Labute approximate surface area is 175 Å². The summed E-state index contributed by atoms with van der Waals surface area (Å²) < 4.78 is 10.4. The molecule has 0 bridgehead atoms. The minimum absolute atomic E-state index is 0.0384. The molecule has 1 N–H and O–H groups in total. The van der Waals surface area contributed by atoms with E-state index in [0.29, 0.717) is 5.69 Å². The highest BCUT2D eigenvalue weighted by atomic mass is 16.6. The minimum Gasteiger partial charge on any atom is -0.487 e. The Kier molecular flexibility index (Phi) is 7.52. The van der Waals surface area contributed by atoms with Crippen LogP contribution < -0.4 is 10.1 Å². The van der Waals surface area contributed by atoms with Crippen molar-refractivity contribution in [3.63, 3.8) is 0 Å². The molecule has 8 heteroatoms. The number of benzene rings is 2. The SMILES string of the molecule is CCOc1ccc(C(=O)O[C@H](C)C(=O)Nc2c(C)cccc2C(C)C)cc1[N+](=O)[O-]. The van der Waals surface area contributed by atoms with E-state index >= 15 is 0 Å². The van der Waals surface area contributed by atoms with Crippen LogP contribution in [-0.4, -0.2) is 29.5 Å². The third kappa shape index (κ3) is 5.34. The summed E-state index contributed by atoms with van der Waals surface area (Å²) >= 11 is 0. The van der Waals surface area contributed by atoms with Gasteiger partial charge in [-0.05, 0) is 49.9 Å². The summed E-state index contributed by atoms with van der Waals surface area (Å²) in [6.45, 7) is 9.32. The number of rotatable bonds is 8. The van der Waals surface area contributed by atoms with Crippen molar-refractivity contribution in [1.82, 2.24) is 0 Å². The maximum absolute atomic E-state index is 12.6. The number of hydrogen-bond donors (Lipinski definition) is 1. The van der Waals surface area contributed by atoms with Crippen LogP contribution in [0.3, 0.4) is 0 Å². The Hall–Kier alpha value is -3.42. The van der Waals surface area contributed by atoms with Crippen molar-refractivity contribution in [2.24, 2.45) is 0 Å². The topological polar surface area (TPSA) is 108 Å². The van der Waals surface area contributed by atoms with E-state index < -0.39 is 22.9 Å². The number of ether oxygens (including phenoxy) is 2. The number of anilines is 1. The number of amides is 1. The predicted octanol–water partition coefficient (Wildman–Crippen LogP) is 4.61. The van der Waals surface area contributed by atoms with Crippen LogP contribution in [0.2, 0.25) is 0 Å². The van der Waals surface area contributed by atoms with E-state index in [-0.39, 0.29) is 29.5 Å². The molecule has 0 aromatic heterocycles. The summed E-state index contributed by atoms with van der Waals surface area (Å²) in [5.74, 6) is -1.06. The molecule has 0 saturated heterocycles. The molecule has 0 aliphatic heterocycles. The molecular formula is C22H26N2O6. The Morgan fingerprint density at radius 3 is 2.47 bits per heavy atom. The van der Waals surface area contributed by atoms with Crippen LogP contribution in [0.4, 0.5) is 11.4 Å². The van der Waals surface area contributed by atoms with Gasteiger partial charge in [-0.15, -0.1) is 0 Å². The zero-order chi connectivity index (χ0) is 22.4. The van der Waals surface area contributed by atoms with E-state index in [1.807, 2.05) is 39.0 Å². The molecule has 0 radical (unpaired) electrons. The first-order chi connectivity index (χ1) is 14.1. The fraction of sp³-hybridized carbons (Fsp3) is 0.364. The molecule has 0 aliphatic rings. The van der Waals surface area contributed by atoms with Gasteiger partial charge in [-0.2, -0.15) is 0 Å². The number of esters is 1. The number of aryl methyl sites for hydroxylation is 1. The number of nitrogens with zero attached hydrogens (tertiary/aromatic N) is 1. The Morgan fingerprint density at radius 2 is 1.87 bits per heavy atom. The van der Waals surface area contributed by atoms with E-state index in [9.17, 15) is 19.7 Å². The molecule has 0 spiro atoms. The number of nitro benzene ring substituents is 1. The highest BCUT2D eigenvalue weighted by molar-refractivity contribution is 5.98. The van der Waals surface area contributed by atoms with Crippen molar-refractivity contribution < 1.29 is 24.0 Å². The Balaban J connectivity index is 2.15. The molecule has 0 saturated carbocycles. The maximum Gasteiger partial charge on any atom is 0.339 e. The molecule has 2 aromatic rings. The summed E-state index contributed by atoms with van der Waals surface area (Å²) in [5.41, 5.74) is 2.18. The molecule has 1 amide bonds. The number of para-hydroxylation sites is 1. The smallest absolute Gasteiger partial charge is 0.339 e. The first kappa shape index (κ1) is 22.9. The normalized spacial score (nSPS) is 11.7. The van der Waals surface area contributed by atoms with Crippen molar-refractivity contribution in [3.05, 3.63) is 63.2 Å². The zero-order valence-corrected chi connectivity index (χ0v) is 17.7. The van der Waals surface area contributed by atoms with Crippen LogP contribution in [-0.2, 0) is 9.53 Å². The third-order valence-corrected chi connectivity index (χ3v) is 4.52. The van der Waals surface area contributed by atoms with Gasteiger partial charge in [0.2, 0.25) is 0 Å². The lowest BCUT2D eigenvalue weighted by Crippen LogP contribution is -2.30. The standard InChI is InChI=1S/C22H26N2O6/c1-6-29-19-11-10-16(12-18(19)24(27)28)22(26)30-15(5)21(25)23-20-14(4)8-7-9-17(20)13(2)3/h7-13,15H,6H2,1-5H3,(H,23,25)/t15-/m1/s1. The van der Waals surface area contributed by atoms with Crippen LogP contribution in [0, 0.1) is 17.0 Å². The van der Waals surface area contributed by atoms with Gasteiger partial charge in [0.1, 0.15) is 0 Å². The summed E-state index contributed by atoms with van der Waals surface area (Å²) in [4.78, 5) is 35.6. The van der Waals surface area contributed by atoms with E-state index in [0.717, 1.165) is 17.2 Å². The molecule has 2 rings (SSSR count). The van der Waals surface area contributed by atoms with Crippen molar-refractivity contribution in [3.8, 4) is 5.75 Å². The van der Waals surface area contributed by atoms with Crippen molar-refractivity contribution in [1.29, 1.82) is 0 Å². The molecule has 0 aliphatic carbocycles. The van der Waals surface area contributed by atoms with Gasteiger partial charge in [0.15, 0.2) is 11.9 Å². The molecule has 30 heavy (non-hydrogen) atoms. The van der Waals surface area contributed by atoms with Crippen LogP contribution >= 0.6 is 0 Å². The van der Waals surface area contributed by atoms with E-state index in [4.69, 9.17) is 9.47 Å². The highest BCUT2D eigenvalue weighted by Gasteiger charge is 2.24. The highest BCUT2D eigenvalue weighted by Crippen LogP contribution is 2.29. The lowest BCUT2D eigenvalue weighted by atomic mass is 9.98. The van der Waals surface area contributed by atoms with Crippen LogP contribution in [0.1, 0.15) is 55.1 Å². The molecule has 0 fully saturated rings. The fourth-order valence-electron chi connectivity index (χ4n) is 2.91. The quantitative estimate of drug-likeness (QED) is 0.384. The van der Waals surface area contributed by atoms with Crippen molar-refractivity contribution in [2.45, 2.75) is 46.6 Å². The van der Waals surface area contributed by atoms with Gasteiger partial charge in [-0.25, -0.2) is 4.79 Å². The molecule has 1 atom stereocenters. The Morgan fingerprint density at radius 1 is 1.17 bits per heavy atom. The number of nitro groups is 1. The van der Waals surface area contributed by atoms with Crippen LogP contribution in [0.25, 0.3) is 0 Å². The fourth-order valence-corrected chi connectivity index (χ4v) is 2.91. The first-order valence-corrected chi connectivity index (χ1v) is 9.68. The zero-order valence-electron chi connectivity index (χ0n) is 17.7. The largest absolute Gasteiger partial charge is 0.487 e. The maximum atomic E-state index is 12.6. The lowest BCUT2D eigenvalue weighted by molar-refractivity contribution is -0.385. The summed E-state index contributed by atoms with van der Waals surface area (Å²) in [6.07, 6.45) is -1.09. The molecule has 0 unspecified atom stereocenters. The summed E-state index contributed by atoms with van der Waals surface area (Å²) in [7, 11) is 0. The lowest BCUT2D eigenvalue weighted by Gasteiger charge is -2.19. The van der Waals surface area contributed by atoms with Gasteiger partial charge in [0.05, 0.1) is 17.1 Å². The van der Waals surface area contributed by atoms with E-state index in [1.165, 1.54) is 19.1 Å². The molecule has 0 heterocycles. The summed E-state index contributed by atoms with van der Waals surface area (Å²) in [5, 5.41) is 14.1. The third-order valence-electron chi connectivity index (χ3n) is 4.52. The van der Waals surface area contributed by atoms with Gasteiger partial charge in [-0.3, -0.25) is 14.9 Å². The van der Waals surface area contributed by atoms with Crippen molar-refractivity contribution in [2.75, 3.05) is 11.9 Å². The average molecular weight is 414 g/mol. The van der Waals surface area contributed by atoms with E-state index in [2.05, 4.69) is 5.32 Å². The van der Waals surface area contributed by atoms with Gasteiger partial charge in [0, 0.05) is 11.8 Å². The molecule has 160 valence electrons. The van der Waals surface area contributed by atoms with Crippen molar-refractivity contribution >= 4 is 23.3 Å². The second-order valence-corrected chi connectivity index (χ2v) is 7.10. The average Bonchev–Trinajstić information content (AvgIpc) is 2.69. The molecular weight excluding hydrogens is 388 g/mol. The second-order valence-electron chi connectivity index (χ2n) is 7.10. The van der Waals surface area contributed by atoms with E-state index in [1.54, 1.807) is 6.92 Å². The Bertz CT molecular complexity index is 955. The molecule has 8 nitrogen and oxygen atoms in total.